The van der Waals surface area contributed by atoms with Gasteiger partial charge in [0.2, 0.25) is 0 Å². The molecule has 1 saturated heterocycles. The lowest BCUT2D eigenvalue weighted by atomic mass is 10.0. The average molecular weight is 341 g/mol. The number of likely N-dealkylation sites (tertiary alicyclic amines) is 1. The summed E-state index contributed by atoms with van der Waals surface area (Å²) in [4.78, 5) is 6.76. The predicted molar refractivity (Wildman–Crippen MR) is 96.9 cm³/mol. The van der Waals surface area contributed by atoms with E-state index >= 15 is 0 Å². The van der Waals surface area contributed by atoms with Crippen molar-refractivity contribution in [2.24, 2.45) is 0 Å². The third-order valence-electron chi connectivity index (χ3n) is 4.37. The van der Waals surface area contributed by atoms with E-state index in [9.17, 15) is 0 Å². The first-order chi connectivity index (χ1) is 11.8. The molecule has 3 rings (SSSR count). The van der Waals surface area contributed by atoms with Crippen LogP contribution in [0.3, 0.4) is 0 Å². The zero-order chi connectivity index (χ0) is 16.8. The summed E-state index contributed by atoms with van der Waals surface area (Å²) in [5, 5.41) is 12.7. The summed E-state index contributed by atoms with van der Waals surface area (Å²) in [6, 6.07) is 14.0. The molecule has 1 aromatic heterocycles. The fraction of sp³-hybridized carbons (Fsp3) is 0.368. The highest BCUT2D eigenvalue weighted by atomic mass is 35.5. The molecule has 0 amide bonds. The lowest BCUT2D eigenvalue weighted by Crippen LogP contribution is -2.29. The maximum absolute atomic E-state index is 9.02. The summed E-state index contributed by atoms with van der Waals surface area (Å²) >= 11 is 5.93. The predicted octanol–water partition coefficient (Wildman–Crippen LogP) is 4.20. The van der Waals surface area contributed by atoms with Gasteiger partial charge in [-0.25, -0.2) is 4.98 Å². The molecule has 1 aliphatic heterocycles. The number of nitrogens with one attached hydrogen (secondary N) is 1. The van der Waals surface area contributed by atoms with Gasteiger partial charge in [0.1, 0.15) is 11.9 Å². The van der Waals surface area contributed by atoms with Crippen LogP contribution in [-0.2, 0) is 13.1 Å². The Bertz CT molecular complexity index is 732. The van der Waals surface area contributed by atoms with Crippen LogP contribution in [0.1, 0.15) is 36.1 Å². The molecule has 1 fully saturated rings. The Hall–Kier alpha value is -2.09. The van der Waals surface area contributed by atoms with E-state index in [-0.39, 0.29) is 5.69 Å². The van der Waals surface area contributed by atoms with Gasteiger partial charge in [0.15, 0.2) is 5.69 Å². The van der Waals surface area contributed by atoms with Crippen molar-refractivity contribution in [1.82, 2.24) is 9.88 Å². The lowest BCUT2D eigenvalue weighted by Gasteiger charge is -2.27. The van der Waals surface area contributed by atoms with Crippen LogP contribution in [0, 0.1) is 11.3 Å². The second-order valence-electron chi connectivity index (χ2n) is 6.10. The maximum Gasteiger partial charge on any atom is 0.161 e. The van der Waals surface area contributed by atoms with Crippen LogP contribution < -0.4 is 5.32 Å². The molecule has 0 bridgehead atoms. The van der Waals surface area contributed by atoms with Crippen molar-refractivity contribution in [2.45, 2.75) is 32.4 Å². The van der Waals surface area contributed by atoms with E-state index in [0.29, 0.717) is 17.4 Å². The number of hydrogen-bond acceptors (Lipinski definition) is 4. The van der Waals surface area contributed by atoms with E-state index in [2.05, 4.69) is 39.5 Å². The highest BCUT2D eigenvalue weighted by Gasteiger charge is 2.12. The molecule has 0 radical (unpaired) electrons. The third-order valence-corrected chi connectivity index (χ3v) is 4.68. The van der Waals surface area contributed by atoms with Crippen molar-refractivity contribution in [1.29, 1.82) is 5.26 Å². The fourth-order valence-corrected chi connectivity index (χ4v) is 3.19. The van der Waals surface area contributed by atoms with Gasteiger partial charge in [0.25, 0.3) is 0 Å². The first-order valence-corrected chi connectivity index (χ1v) is 8.74. The highest BCUT2D eigenvalue weighted by molar-refractivity contribution is 6.31. The number of nitrogens with zero attached hydrogens (tertiary/aromatic N) is 3. The zero-order valence-electron chi connectivity index (χ0n) is 13.6. The van der Waals surface area contributed by atoms with E-state index in [1.165, 1.54) is 43.5 Å². The summed E-state index contributed by atoms with van der Waals surface area (Å²) in [5.74, 6) is 0.670. The molecule has 2 heterocycles. The van der Waals surface area contributed by atoms with Crippen LogP contribution in [0.25, 0.3) is 0 Å². The third kappa shape index (κ3) is 4.25. The van der Waals surface area contributed by atoms with E-state index in [4.69, 9.17) is 16.9 Å². The SMILES string of the molecule is N#Cc1nc(NCc2ccccc2CN2CCCCC2)ccc1Cl. The summed E-state index contributed by atoms with van der Waals surface area (Å²) in [7, 11) is 0. The summed E-state index contributed by atoms with van der Waals surface area (Å²) in [6.45, 7) is 4.05. The summed E-state index contributed by atoms with van der Waals surface area (Å²) in [5.41, 5.74) is 2.86. The van der Waals surface area contributed by atoms with E-state index in [0.717, 1.165) is 6.54 Å². The molecule has 0 atom stereocenters. The number of halogens is 1. The Kier molecular flexibility index (Phi) is 5.68. The molecule has 0 saturated carbocycles. The smallest absolute Gasteiger partial charge is 0.161 e. The molecule has 1 aliphatic rings. The standard InChI is InChI=1S/C19H21ClN4/c20-17-8-9-19(23-18(17)12-21)22-13-15-6-2-3-7-16(15)14-24-10-4-1-5-11-24/h2-3,6-9H,1,4-5,10-11,13-14H2,(H,22,23). The van der Waals surface area contributed by atoms with Crippen LogP contribution >= 0.6 is 11.6 Å². The Morgan fingerprint density at radius 1 is 1.08 bits per heavy atom. The molecule has 5 heteroatoms. The fourth-order valence-electron chi connectivity index (χ4n) is 3.05. The first kappa shape index (κ1) is 16.8. The number of benzene rings is 1. The Morgan fingerprint density at radius 3 is 2.58 bits per heavy atom. The van der Waals surface area contributed by atoms with Crippen molar-refractivity contribution in [2.75, 3.05) is 18.4 Å². The van der Waals surface area contributed by atoms with Gasteiger partial charge in [0.05, 0.1) is 5.02 Å². The number of anilines is 1. The largest absolute Gasteiger partial charge is 0.366 e. The molecule has 124 valence electrons. The quantitative estimate of drug-likeness (QED) is 0.886. The van der Waals surface area contributed by atoms with E-state index in [1.807, 2.05) is 6.07 Å². The van der Waals surface area contributed by atoms with Crippen LogP contribution in [0.2, 0.25) is 5.02 Å². The number of hydrogen-bond donors (Lipinski definition) is 1. The van der Waals surface area contributed by atoms with Gasteiger partial charge < -0.3 is 5.32 Å². The molecule has 1 aromatic carbocycles. The summed E-state index contributed by atoms with van der Waals surface area (Å²) in [6.07, 6.45) is 3.95. The van der Waals surface area contributed by atoms with Crippen molar-refractivity contribution in [3.05, 3.63) is 58.2 Å². The Morgan fingerprint density at radius 2 is 1.83 bits per heavy atom. The minimum atomic E-state index is 0.253. The first-order valence-electron chi connectivity index (χ1n) is 8.36. The number of aromatic nitrogens is 1. The second-order valence-corrected chi connectivity index (χ2v) is 6.50. The normalized spacial score (nSPS) is 15.0. The van der Waals surface area contributed by atoms with Gasteiger partial charge in [-0.3, -0.25) is 4.90 Å². The lowest BCUT2D eigenvalue weighted by molar-refractivity contribution is 0.220. The van der Waals surface area contributed by atoms with E-state index < -0.39 is 0 Å². The number of nitriles is 1. The van der Waals surface area contributed by atoms with Crippen molar-refractivity contribution in [3.8, 4) is 6.07 Å². The van der Waals surface area contributed by atoms with Gasteiger partial charge in [-0.2, -0.15) is 5.26 Å². The van der Waals surface area contributed by atoms with Gasteiger partial charge in [-0.15, -0.1) is 0 Å². The van der Waals surface area contributed by atoms with E-state index in [1.54, 1.807) is 12.1 Å². The zero-order valence-corrected chi connectivity index (χ0v) is 14.4. The average Bonchev–Trinajstić information content (AvgIpc) is 2.63. The number of rotatable bonds is 5. The number of pyridine rings is 1. The molecule has 4 nitrogen and oxygen atoms in total. The minimum Gasteiger partial charge on any atom is -0.366 e. The van der Waals surface area contributed by atoms with Crippen LogP contribution in [0.5, 0.6) is 0 Å². The maximum atomic E-state index is 9.02. The Labute approximate surface area is 148 Å². The van der Waals surface area contributed by atoms with Crippen molar-refractivity contribution < 1.29 is 0 Å². The molecule has 24 heavy (non-hydrogen) atoms. The minimum absolute atomic E-state index is 0.253. The van der Waals surface area contributed by atoms with Crippen molar-refractivity contribution in [3.63, 3.8) is 0 Å². The molecule has 0 unspecified atom stereocenters. The molecular weight excluding hydrogens is 320 g/mol. The molecular formula is C19H21ClN4. The monoisotopic (exact) mass is 340 g/mol. The van der Waals surface area contributed by atoms with Gasteiger partial charge in [-0.05, 0) is 49.2 Å². The molecule has 1 N–H and O–H groups in total. The van der Waals surface area contributed by atoms with Crippen LogP contribution in [0.15, 0.2) is 36.4 Å². The van der Waals surface area contributed by atoms with Gasteiger partial charge in [0, 0.05) is 13.1 Å². The second kappa shape index (κ2) is 8.14. The highest BCUT2D eigenvalue weighted by Crippen LogP contribution is 2.19. The Balaban J connectivity index is 1.68. The topological polar surface area (TPSA) is 52.0 Å². The van der Waals surface area contributed by atoms with Crippen LogP contribution in [0.4, 0.5) is 5.82 Å². The summed E-state index contributed by atoms with van der Waals surface area (Å²) < 4.78 is 0. The molecule has 0 aliphatic carbocycles. The molecule has 2 aromatic rings. The number of piperidine rings is 1. The van der Waals surface area contributed by atoms with Gasteiger partial charge >= 0.3 is 0 Å². The van der Waals surface area contributed by atoms with Gasteiger partial charge in [-0.1, -0.05) is 42.3 Å². The van der Waals surface area contributed by atoms with Crippen LogP contribution in [-0.4, -0.2) is 23.0 Å². The van der Waals surface area contributed by atoms with Crippen molar-refractivity contribution >= 4 is 17.4 Å². The molecule has 0 spiro atoms.